The molecule has 5 heteroatoms. The third-order valence-corrected chi connectivity index (χ3v) is 4.04. The van der Waals surface area contributed by atoms with E-state index >= 15 is 0 Å². The Bertz CT molecular complexity index is 513. The maximum Gasteiger partial charge on any atom is 0.307 e. The normalized spacial score (nSPS) is 10.4. The molecule has 0 fully saturated rings. The summed E-state index contributed by atoms with van der Waals surface area (Å²) in [7, 11) is 1.37. The lowest BCUT2D eigenvalue weighted by atomic mass is 10.1. The van der Waals surface area contributed by atoms with Crippen LogP contribution in [0.1, 0.15) is 51.5 Å². The Morgan fingerprint density at radius 3 is 2.32 bits per heavy atom. The molecule has 1 amide bonds. The number of esters is 1. The summed E-state index contributed by atoms with van der Waals surface area (Å²) in [5.41, 5.74) is 0.949. The zero-order chi connectivity index (χ0) is 18.5. The van der Waals surface area contributed by atoms with Crippen molar-refractivity contribution < 1.29 is 19.1 Å². The maximum absolute atomic E-state index is 12.6. The van der Waals surface area contributed by atoms with E-state index in [1.165, 1.54) is 7.11 Å². The minimum absolute atomic E-state index is 0.0459. The zero-order valence-corrected chi connectivity index (χ0v) is 15.8. The van der Waals surface area contributed by atoms with Gasteiger partial charge in [-0.25, -0.2) is 0 Å². The van der Waals surface area contributed by atoms with Crippen molar-refractivity contribution in [2.45, 2.75) is 52.4 Å². The van der Waals surface area contributed by atoms with Gasteiger partial charge < -0.3 is 14.4 Å². The Kier molecular flexibility index (Phi) is 10.4. The molecule has 25 heavy (non-hydrogen) atoms. The van der Waals surface area contributed by atoms with Crippen molar-refractivity contribution >= 4 is 11.9 Å². The van der Waals surface area contributed by atoms with Gasteiger partial charge in [0.1, 0.15) is 5.75 Å². The van der Waals surface area contributed by atoms with Crippen LogP contribution < -0.4 is 4.74 Å². The van der Waals surface area contributed by atoms with Crippen LogP contribution in [-0.2, 0) is 20.7 Å². The Balaban J connectivity index is 2.60. The van der Waals surface area contributed by atoms with Crippen LogP contribution in [-0.4, -0.2) is 43.6 Å². The first-order valence-corrected chi connectivity index (χ1v) is 9.17. The van der Waals surface area contributed by atoms with E-state index in [0.717, 1.165) is 37.0 Å². The minimum atomic E-state index is -0.285. The smallest absolute Gasteiger partial charge is 0.307 e. The third kappa shape index (κ3) is 8.57. The summed E-state index contributed by atoms with van der Waals surface area (Å²) in [5, 5.41) is 0. The fraction of sp³-hybridized carbons (Fsp3) is 0.600. The molecule has 0 aliphatic heterocycles. The lowest BCUT2D eigenvalue weighted by molar-refractivity contribution is -0.141. The average molecular weight is 349 g/mol. The van der Waals surface area contributed by atoms with Crippen LogP contribution in [0.2, 0.25) is 0 Å². The van der Waals surface area contributed by atoms with Crippen LogP contribution in [0.3, 0.4) is 0 Å². The van der Waals surface area contributed by atoms with E-state index in [9.17, 15) is 9.59 Å². The monoisotopic (exact) mass is 349 g/mol. The van der Waals surface area contributed by atoms with Gasteiger partial charge >= 0.3 is 5.97 Å². The van der Waals surface area contributed by atoms with Crippen molar-refractivity contribution in [3.05, 3.63) is 29.8 Å². The number of unbranched alkanes of at least 4 members (excludes halogenated alkanes) is 3. The Morgan fingerprint density at radius 2 is 1.72 bits per heavy atom. The summed E-state index contributed by atoms with van der Waals surface area (Å²) in [6.07, 6.45) is 4.95. The molecule has 1 aromatic rings. The quantitative estimate of drug-likeness (QED) is 0.427. The highest BCUT2D eigenvalue weighted by molar-refractivity contribution is 5.79. The summed E-state index contributed by atoms with van der Waals surface area (Å²) in [6, 6.07) is 7.59. The number of ether oxygens (including phenoxy) is 2. The lowest BCUT2D eigenvalue weighted by Crippen LogP contribution is -2.35. The summed E-state index contributed by atoms with van der Waals surface area (Å²) < 4.78 is 10.1. The molecule has 0 saturated carbocycles. The molecule has 0 radical (unpaired) electrons. The van der Waals surface area contributed by atoms with Crippen molar-refractivity contribution in [3.63, 3.8) is 0 Å². The van der Waals surface area contributed by atoms with Crippen LogP contribution in [0.5, 0.6) is 5.75 Å². The van der Waals surface area contributed by atoms with Crippen molar-refractivity contribution in [3.8, 4) is 5.75 Å². The standard InChI is InChI=1S/C20H31NO4/c1-4-6-7-8-14-21(15-13-20(23)24-3)19(22)16-17-9-11-18(12-10-17)25-5-2/h9-12H,4-8,13-16H2,1-3H3. The Morgan fingerprint density at radius 1 is 1.00 bits per heavy atom. The fourth-order valence-electron chi connectivity index (χ4n) is 2.58. The Labute approximate surface area is 151 Å². The highest BCUT2D eigenvalue weighted by Crippen LogP contribution is 2.14. The van der Waals surface area contributed by atoms with E-state index in [4.69, 9.17) is 4.74 Å². The molecular weight excluding hydrogens is 318 g/mol. The predicted molar refractivity (Wildman–Crippen MR) is 98.7 cm³/mol. The van der Waals surface area contributed by atoms with E-state index < -0.39 is 0 Å². The van der Waals surface area contributed by atoms with E-state index in [0.29, 0.717) is 26.1 Å². The second-order valence-electron chi connectivity index (χ2n) is 6.02. The molecule has 0 bridgehead atoms. The lowest BCUT2D eigenvalue weighted by Gasteiger charge is -2.22. The first-order chi connectivity index (χ1) is 12.1. The topological polar surface area (TPSA) is 55.8 Å². The van der Waals surface area contributed by atoms with Crippen molar-refractivity contribution in [1.82, 2.24) is 4.90 Å². The van der Waals surface area contributed by atoms with Gasteiger partial charge in [0, 0.05) is 13.1 Å². The molecule has 0 aliphatic rings. The van der Waals surface area contributed by atoms with Gasteiger partial charge in [0.2, 0.25) is 5.91 Å². The molecule has 0 atom stereocenters. The number of methoxy groups -OCH3 is 1. The molecule has 0 aromatic heterocycles. The molecule has 1 aromatic carbocycles. The summed E-state index contributed by atoms with van der Waals surface area (Å²) in [4.78, 5) is 25.8. The van der Waals surface area contributed by atoms with Gasteiger partial charge in [0.25, 0.3) is 0 Å². The largest absolute Gasteiger partial charge is 0.494 e. The van der Waals surface area contributed by atoms with Gasteiger partial charge in [-0.2, -0.15) is 0 Å². The first-order valence-electron chi connectivity index (χ1n) is 9.17. The molecular formula is C20H31NO4. The van der Waals surface area contributed by atoms with Gasteiger partial charge in [0.15, 0.2) is 0 Å². The van der Waals surface area contributed by atoms with Crippen molar-refractivity contribution in [1.29, 1.82) is 0 Å². The van der Waals surface area contributed by atoms with Crippen LogP contribution >= 0.6 is 0 Å². The number of nitrogens with zero attached hydrogens (tertiary/aromatic N) is 1. The SMILES string of the molecule is CCCCCCN(CCC(=O)OC)C(=O)Cc1ccc(OCC)cc1. The van der Waals surface area contributed by atoms with Crippen LogP contribution in [0.25, 0.3) is 0 Å². The van der Waals surface area contributed by atoms with E-state index in [2.05, 4.69) is 11.7 Å². The molecule has 1 rings (SSSR count). The third-order valence-electron chi connectivity index (χ3n) is 4.04. The van der Waals surface area contributed by atoms with E-state index in [1.807, 2.05) is 31.2 Å². The highest BCUT2D eigenvalue weighted by atomic mass is 16.5. The van der Waals surface area contributed by atoms with Gasteiger partial charge in [0.05, 0.1) is 26.6 Å². The molecule has 0 aliphatic carbocycles. The highest BCUT2D eigenvalue weighted by Gasteiger charge is 2.15. The van der Waals surface area contributed by atoms with E-state index in [1.54, 1.807) is 4.90 Å². The molecule has 0 N–H and O–H groups in total. The molecule has 140 valence electrons. The Hall–Kier alpha value is -2.04. The average Bonchev–Trinajstić information content (AvgIpc) is 2.62. The van der Waals surface area contributed by atoms with E-state index in [-0.39, 0.29) is 18.3 Å². The maximum atomic E-state index is 12.6. The van der Waals surface area contributed by atoms with Gasteiger partial charge in [-0.1, -0.05) is 38.3 Å². The van der Waals surface area contributed by atoms with Gasteiger partial charge in [-0.05, 0) is 31.0 Å². The molecule has 0 heterocycles. The van der Waals surface area contributed by atoms with Gasteiger partial charge in [-0.3, -0.25) is 9.59 Å². The summed E-state index contributed by atoms with van der Waals surface area (Å²) in [5.74, 6) is 0.567. The van der Waals surface area contributed by atoms with Crippen LogP contribution in [0.4, 0.5) is 0 Å². The molecule has 0 saturated heterocycles. The van der Waals surface area contributed by atoms with Crippen LogP contribution in [0, 0.1) is 0 Å². The molecule has 0 unspecified atom stereocenters. The second kappa shape index (κ2) is 12.3. The molecule has 0 spiro atoms. The number of benzene rings is 1. The summed E-state index contributed by atoms with van der Waals surface area (Å²) >= 11 is 0. The van der Waals surface area contributed by atoms with Gasteiger partial charge in [-0.15, -0.1) is 0 Å². The number of carbonyl (C=O) groups is 2. The number of rotatable bonds is 12. The van der Waals surface area contributed by atoms with Crippen LogP contribution in [0.15, 0.2) is 24.3 Å². The zero-order valence-electron chi connectivity index (χ0n) is 15.8. The predicted octanol–water partition coefficient (Wildman–Crippen LogP) is 3.60. The number of hydrogen-bond acceptors (Lipinski definition) is 4. The minimum Gasteiger partial charge on any atom is -0.494 e. The van der Waals surface area contributed by atoms with Crippen molar-refractivity contribution in [2.24, 2.45) is 0 Å². The number of hydrogen-bond donors (Lipinski definition) is 0. The molecule has 5 nitrogen and oxygen atoms in total. The van der Waals surface area contributed by atoms with Crippen molar-refractivity contribution in [2.75, 3.05) is 26.8 Å². The second-order valence-corrected chi connectivity index (χ2v) is 6.02. The number of carbonyl (C=O) groups excluding carboxylic acids is 2. The fourth-order valence-corrected chi connectivity index (χ4v) is 2.58. The summed E-state index contributed by atoms with van der Waals surface area (Å²) in [6.45, 7) is 5.82. The first kappa shape index (κ1) is 21.0. The number of amides is 1.